The number of ether oxygens (including phenoxy) is 1. The Kier molecular flexibility index (Phi) is 7.76. The van der Waals surface area contributed by atoms with Gasteiger partial charge >= 0.3 is 18.5 Å². The first-order chi connectivity index (χ1) is 13.6. The van der Waals surface area contributed by atoms with Crippen molar-refractivity contribution in [3.8, 4) is 11.8 Å². The molecule has 0 spiro atoms. The molecular weight excluding hydrogens is 433 g/mol. The monoisotopic (exact) mass is 447 g/mol. The maximum absolute atomic E-state index is 13.1. The number of halogens is 9. The molecular formula is C17H14F9N3O. The highest BCUT2D eigenvalue weighted by molar-refractivity contribution is 5.74. The zero-order valence-corrected chi connectivity index (χ0v) is 15.1. The van der Waals surface area contributed by atoms with Crippen molar-refractivity contribution < 1.29 is 44.3 Å². The molecule has 0 fully saturated rings. The average Bonchev–Trinajstić information content (AvgIpc) is 2.60. The van der Waals surface area contributed by atoms with Crippen molar-refractivity contribution in [1.82, 2.24) is 5.32 Å². The van der Waals surface area contributed by atoms with Crippen molar-refractivity contribution in [2.75, 3.05) is 13.7 Å². The minimum atomic E-state index is -5.60. The second kappa shape index (κ2) is 9.27. The summed E-state index contributed by atoms with van der Waals surface area (Å²) in [6.07, 6.45) is -17.7. The lowest BCUT2D eigenvalue weighted by Crippen LogP contribution is -2.37. The normalized spacial score (nSPS) is 13.5. The number of nitriles is 1. The summed E-state index contributed by atoms with van der Waals surface area (Å²) >= 11 is 0. The molecule has 0 aliphatic carbocycles. The third-order valence-corrected chi connectivity index (χ3v) is 3.73. The number of alkyl halides is 9. The third-order valence-electron chi connectivity index (χ3n) is 3.73. The predicted molar refractivity (Wildman–Crippen MR) is 88.3 cm³/mol. The summed E-state index contributed by atoms with van der Waals surface area (Å²) in [4.78, 5) is 3.46. The van der Waals surface area contributed by atoms with Crippen LogP contribution < -0.4 is 10.1 Å². The van der Waals surface area contributed by atoms with Gasteiger partial charge in [-0.15, -0.1) is 0 Å². The zero-order valence-electron chi connectivity index (χ0n) is 15.1. The predicted octanol–water partition coefficient (Wildman–Crippen LogP) is 5.33. The molecule has 30 heavy (non-hydrogen) atoms. The summed E-state index contributed by atoms with van der Waals surface area (Å²) in [5.74, 6) is -4.35. The molecule has 0 unspecified atom stereocenters. The van der Waals surface area contributed by atoms with E-state index in [2.05, 4.69) is 17.0 Å². The number of hydrogen-bond donors (Lipinski definition) is 1. The minimum Gasteiger partial charge on any atom is -0.494 e. The van der Waals surface area contributed by atoms with Crippen LogP contribution in [0.1, 0.15) is 17.5 Å². The quantitative estimate of drug-likeness (QED) is 0.349. The van der Waals surface area contributed by atoms with E-state index >= 15 is 0 Å². The molecule has 0 aromatic heterocycles. The number of hydrogen-bond acceptors (Lipinski definition) is 4. The number of allylic oxidation sites excluding steroid dienone is 1. The minimum absolute atomic E-state index is 0.274. The first-order valence-corrected chi connectivity index (χ1v) is 7.92. The van der Waals surface area contributed by atoms with E-state index in [4.69, 9.17) is 10.00 Å². The van der Waals surface area contributed by atoms with Gasteiger partial charge in [0.05, 0.1) is 12.2 Å². The molecule has 0 saturated carbocycles. The van der Waals surface area contributed by atoms with Gasteiger partial charge in [-0.1, -0.05) is 0 Å². The smallest absolute Gasteiger partial charge is 0.416 e. The second-order valence-corrected chi connectivity index (χ2v) is 5.76. The maximum Gasteiger partial charge on any atom is 0.416 e. The van der Waals surface area contributed by atoms with E-state index in [1.54, 1.807) is 6.07 Å². The van der Waals surface area contributed by atoms with E-state index in [1.807, 2.05) is 0 Å². The Morgan fingerprint density at radius 1 is 1.10 bits per heavy atom. The highest BCUT2D eigenvalue weighted by Crippen LogP contribution is 2.41. The van der Waals surface area contributed by atoms with Gasteiger partial charge in [0.1, 0.15) is 23.2 Å². The summed E-state index contributed by atoms with van der Waals surface area (Å²) in [7, 11) is 1.28. The van der Waals surface area contributed by atoms with E-state index in [-0.39, 0.29) is 17.0 Å². The summed E-state index contributed by atoms with van der Waals surface area (Å²) in [5, 5.41) is 11.4. The molecule has 0 radical (unpaired) electrons. The van der Waals surface area contributed by atoms with Gasteiger partial charge in [-0.05, 0) is 24.9 Å². The maximum atomic E-state index is 13.1. The number of aliphatic imine (C=N–C) groups is 1. The standard InChI is InChI=1S/C17H14F9N3O/c1-28-12(8-27)14(29-2)9-5-10(15(18,19)20)7-11(6-9)30-4-3-13(16(21,22)23)17(24,25)26/h5-7,13,28H,2-4H2,1H3/b14-12-. The number of nitrogens with zero attached hydrogens (tertiary/aromatic N) is 2. The van der Waals surface area contributed by atoms with Crippen molar-refractivity contribution in [3.05, 3.63) is 35.0 Å². The van der Waals surface area contributed by atoms with Crippen LogP contribution in [0.3, 0.4) is 0 Å². The van der Waals surface area contributed by atoms with Crippen LogP contribution in [0.5, 0.6) is 5.75 Å². The summed E-state index contributed by atoms with van der Waals surface area (Å²) in [5.41, 5.74) is -2.24. The molecule has 1 aromatic carbocycles. The van der Waals surface area contributed by atoms with Gasteiger partial charge in [-0.3, -0.25) is 4.99 Å². The van der Waals surface area contributed by atoms with Crippen molar-refractivity contribution in [2.45, 2.75) is 24.9 Å². The Bertz CT molecular complexity index is 819. The molecule has 0 amide bonds. The van der Waals surface area contributed by atoms with Gasteiger partial charge < -0.3 is 10.1 Å². The topological polar surface area (TPSA) is 57.4 Å². The average molecular weight is 447 g/mol. The van der Waals surface area contributed by atoms with Crippen LogP contribution in [0.25, 0.3) is 5.70 Å². The highest BCUT2D eigenvalue weighted by Gasteiger charge is 2.56. The van der Waals surface area contributed by atoms with Crippen LogP contribution in [-0.4, -0.2) is 32.7 Å². The lowest BCUT2D eigenvalue weighted by Gasteiger charge is -2.23. The molecule has 0 heterocycles. The Morgan fingerprint density at radius 2 is 1.67 bits per heavy atom. The third kappa shape index (κ3) is 6.57. The molecule has 0 bridgehead atoms. The molecule has 0 aliphatic heterocycles. The Hall–Kier alpha value is -2.91. The molecule has 1 aromatic rings. The Labute approximate surface area is 164 Å². The van der Waals surface area contributed by atoms with Gasteiger partial charge in [-0.2, -0.15) is 44.8 Å². The molecule has 0 atom stereocenters. The van der Waals surface area contributed by atoms with E-state index in [0.29, 0.717) is 12.1 Å². The Morgan fingerprint density at radius 3 is 2.07 bits per heavy atom. The van der Waals surface area contributed by atoms with Crippen molar-refractivity contribution in [3.63, 3.8) is 0 Å². The van der Waals surface area contributed by atoms with Gasteiger partial charge in [-0.25, -0.2) is 0 Å². The zero-order chi connectivity index (χ0) is 23.3. The molecule has 0 saturated heterocycles. The summed E-state index contributed by atoms with van der Waals surface area (Å²) < 4.78 is 120. The van der Waals surface area contributed by atoms with E-state index in [9.17, 15) is 39.5 Å². The van der Waals surface area contributed by atoms with Crippen molar-refractivity contribution in [1.29, 1.82) is 5.26 Å². The first kappa shape index (κ1) is 25.1. The number of benzene rings is 1. The van der Waals surface area contributed by atoms with Gasteiger partial charge in [0, 0.05) is 19.0 Å². The van der Waals surface area contributed by atoms with Gasteiger partial charge in [0.2, 0.25) is 0 Å². The SMILES string of the molecule is C=N/C(=C(/C#N)NC)c1cc(OCCC(C(F)(F)F)C(F)(F)F)cc(C(F)(F)F)c1. The lowest BCUT2D eigenvalue weighted by molar-refractivity contribution is -0.286. The van der Waals surface area contributed by atoms with Crippen LogP contribution in [0.15, 0.2) is 28.9 Å². The van der Waals surface area contributed by atoms with E-state index in [1.165, 1.54) is 7.05 Å². The summed E-state index contributed by atoms with van der Waals surface area (Å²) in [6.45, 7) is 1.98. The van der Waals surface area contributed by atoms with Crippen LogP contribution in [0, 0.1) is 17.2 Å². The first-order valence-electron chi connectivity index (χ1n) is 7.92. The van der Waals surface area contributed by atoms with Crippen LogP contribution in [0.2, 0.25) is 0 Å². The highest BCUT2D eigenvalue weighted by atomic mass is 19.4. The summed E-state index contributed by atoms with van der Waals surface area (Å²) in [6, 6.07) is 3.52. The number of rotatable bonds is 7. The van der Waals surface area contributed by atoms with Crippen molar-refractivity contribution >= 4 is 12.4 Å². The van der Waals surface area contributed by atoms with Crippen LogP contribution in [-0.2, 0) is 6.18 Å². The molecule has 4 nitrogen and oxygen atoms in total. The fourth-order valence-electron chi connectivity index (χ4n) is 2.33. The molecule has 166 valence electrons. The van der Waals surface area contributed by atoms with Gasteiger partial charge in [0.15, 0.2) is 5.92 Å². The molecule has 1 rings (SSSR count). The fraction of sp³-hybridized carbons (Fsp3) is 0.412. The van der Waals surface area contributed by atoms with E-state index in [0.717, 1.165) is 6.07 Å². The second-order valence-electron chi connectivity index (χ2n) is 5.76. The van der Waals surface area contributed by atoms with Crippen molar-refractivity contribution in [2.24, 2.45) is 10.9 Å². The van der Waals surface area contributed by atoms with E-state index < -0.39 is 48.8 Å². The van der Waals surface area contributed by atoms with Crippen LogP contribution in [0.4, 0.5) is 39.5 Å². The Balaban J connectivity index is 3.30. The van der Waals surface area contributed by atoms with Crippen LogP contribution >= 0.6 is 0 Å². The fourth-order valence-corrected chi connectivity index (χ4v) is 2.33. The lowest BCUT2D eigenvalue weighted by atomic mass is 10.0. The molecule has 1 N–H and O–H groups in total. The molecule has 13 heteroatoms. The largest absolute Gasteiger partial charge is 0.494 e. The molecule has 0 aliphatic rings. The number of nitrogens with one attached hydrogen (secondary N) is 1. The van der Waals surface area contributed by atoms with Gasteiger partial charge in [0.25, 0.3) is 0 Å².